The topological polar surface area (TPSA) is 110 Å². The molecule has 1 aromatic rings. The number of hydrogen-bond donors (Lipinski definition) is 4. The molecule has 1 fully saturated rings. The summed E-state index contributed by atoms with van der Waals surface area (Å²) in [7, 11) is 1.53. The zero-order valence-corrected chi connectivity index (χ0v) is 12.7. The fourth-order valence-electron chi connectivity index (χ4n) is 2.27. The Morgan fingerprint density at radius 1 is 1.35 bits per heavy atom. The minimum absolute atomic E-state index is 0.144. The van der Waals surface area contributed by atoms with Crippen LogP contribution in [-0.4, -0.2) is 24.4 Å². The van der Waals surface area contributed by atoms with E-state index in [2.05, 4.69) is 24.5 Å². The number of thiophene rings is 1. The Hall–Kier alpha value is -1.76. The molecule has 7 heteroatoms. The fraction of sp³-hybridized carbons (Fsp3) is 0.538. The predicted molar refractivity (Wildman–Crippen MR) is 81.1 cm³/mol. The van der Waals surface area contributed by atoms with E-state index in [9.17, 15) is 9.59 Å². The molecule has 0 bridgehead atoms. The molecule has 6 nitrogen and oxygen atoms in total. The average Bonchev–Trinajstić information content (AvgIpc) is 3.15. The maximum atomic E-state index is 12.0. The fourth-order valence-corrected chi connectivity index (χ4v) is 3.40. The molecule has 1 aliphatic carbocycles. The van der Waals surface area contributed by atoms with Gasteiger partial charge in [0.1, 0.15) is 9.88 Å². The highest BCUT2D eigenvalue weighted by Gasteiger charge is 2.39. The third-order valence-electron chi connectivity index (χ3n) is 3.66. The number of carbonyl (C=O) groups is 2. The molecule has 6 N–H and O–H groups in total. The summed E-state index contributed by atoms with van der Waals surface area (Å²) in [5.74, 6) is -0.365. The van der Waals surface area contributed by atoms with Crippen LogP contribution in [0.5, 0.6) is 0 Å². The van der Waals surface area contributed by atoms with Gasteiger partial charge >= 0.3 is 0 Å². The SMILES string of the molecule is CNC(=O)c1c(NC(C)(C)C2CC2)sc(C(N)=O)c1N. The minimum Gasteiger partial charge on any atom is -0.397 e. The lowest BCUT2D eigenvalue weighted by Crippen LogP contribution is -2.34. The lowest BCUT2D eigenvalue weighted by atomic mass is 9.99. The summed E-state index contributed by atoms with van der Waals surface area (Å²) < 4.78 is 0. The molecule has 2 rings (SSSR count). The minimum atomic E-state index is -0.616. The van der Waals surface area contributed by atoms with Crippen molar-refractivity contribution in [3.05, 3.63) is 10.4 Å². The lowest BCUT2D eigenvalue weighted by molar-refractivity contribution is 0.0964. The summed E-state index contributed by atoms with van der Waals surface area (Å²) in [6, 6.07) is 0. The normalized spacial score (nSPS) is 14.9. The first-order valence-corrected chi connectivity index (χ1v) is 7.32. The lowest BCUT2D eigenvalue weighted by Gasteiger charge is -2.27. The number of amides is 2. The standard InChI is InChI=1S/C13H20N4O2S/c1-13(2,6-4-5-6)17-12-7(11(19)16-3)8(14)9(20-12)10(15)18/h6,17H,4-5,14H2,1-3H3,(H2,15,18)(H,16,19). The van der Waals surface area contributed by atoms with E-state index < -0.39 is 5.91 Å². The molecule has 0 unspecified atom stereocenters. The summed E-state index contributed by atoms with van der Waals surface area (Å²) in [5, 5.41) is 6.50. The van der Waals surface area contributed by atoms with Gasteiger partial charge < -0.3 is 22.1 Å². The summed E-state index contributed by atoms with van der Waals surface area (Å²) in [6.45, 7) is 4.16. The van der Waals surface area contributed by atoms with E-state index in [0.717, 1.165) is 11.3 Å². The number of nitrogens with one attached hydrogen (secondary N) is 2. The largest absolute Gasteiger partial charge is 0.397 e. The average molecular weight is 296 g/mol. The Morgan fingerprint density at radius 2 is 1.95 bits per heavy atom. The van der Waals surface area contributed by atoms with Gasteiger partial charge in [0.2, 0.25) is 0 Å². The van der Waals surface area contributed by atoms with Gasteiger partial charge in [0, 0.05) is 12.6 Å². The van der Waals surface area contributed by atoms with Crippen molar-refractivity contribution in [3.8, 4) is 0 Å². The number of rotatable bonds is 5. The van der Waals surface area contributed by atoms with E-state index in [4.69, 9.17) is 11.5 Å². The van der Waals surface area contributed by atoms with Crippen molar-refractivity contribution in [3.63, 3.8) is 0 Å². The number of nitrogen functional groups attached to an aromatic ring is 1. The molecule has 2 amide bonds. The molecule has 1 aromatic heterocycles. The molecular weight excluding hydrogens is 276 g/mol. The second-order valence-electron chi connectivity index (χ2n) is 5.61. The molecular formula is C13H20N4O2S. The van der Waals surface area contributed by atoms with Crippen molar-refractivity contribution in [2.24, 2.45) is 11.7 Å². The predicted octanol–water partition coefficient (Wildman–Crippen LogP) is 1.39. The second kappa shape index (κ2) is 4.97. The van der Waals surface area contributed by atoms with Crippen molar-refractivity contribution < 1.29 is 9.59 Å². The van der Waals surface area contributed by atoms with Crippen LogP contribution in [-0.2, 0) is 0 Å². The van der Waals surface area contributed by atoms with Gasteiger partial charge in [-0.15, -0.1) is 11.3 Å². The van der Waals surface area contributed by atoms with Crippen molar-refractivity contribution in [2.45, 2.75) is 32.2 Å². The van der Waals surface area contributed by atoms with Crippen LogP contribution in [0.4, 0.5) is 10.7 Å². The highest BCUT2D eigenvalue weighted by molar-refractivity contribution is 7.19. The summed E-state index contributed by atoms with van der Waals surface area (Å²) in [5.41, 5.74) is 11.5. The van der Waals surface area contributed by atoms with E-state index >= 15 is 0 Å². The molecule has 0 atom stereocenters. The number of anilines is 2. The third-order valence-corrected chi connectivity index (χ3v) is 4.79. The summed E-state index contributed by atoms with van der Waals surface area (Å²) in [4.78, 5) is 23.6. The van der Waals surface area contributed by atoms with Crippen molar-refractivity contribution >= 4 is 33.8 Å². The Kier molecular flexibility index (Phi) is 3.64. The number of carbonyl (C=O) groups excluding carboxylic acids is 2. The van der Waals surface area contributed by atoms with Crippen LogP contribution in [0.25, 0.3) is 0 Å². The van der Waals surface area contributed by atoms with E-state index in [0.29, 0.717) is 16.5 Å². The maximum Gasteiger partial charge on any atom is 0.260 e. The van der Waals surface area contributed by atoms with E-state index in [1.165, 1.54) is 19.9 Å². The van der Waals surface area contributed by atoms with E-state index in [1.807, 2.05) is 0 Å². The van der Waals surface area contributed by atoms with Gasteiger partial charge in [-0.2, -0.15) is 0 Å². The maximum absolute atomic E-state index is 12.0. The Labute approximate surface area is 121 Å². The van der Waals surface area contributed by atoms with Gasteiger partial charge in [-0.25, -0.2) is 0 Å². The summed E-state index contributed by atoms with van der Waals surface area (Å²) >= 11 is 1.14. The highest BCUT2D eigenvalue weighted by atomic mass is 32.1. The molecule has 20 heavy (non-hydrogen) atoms. The molecule has 1 aliphatic rings. The van der Waals surface area contributed by atoms with Crippen LogP contribution in [0, 0.1) is 5.92 Å². The van der Waals surface area contributed by atoms with Gasteiger partial charge in [0.25, 0.3) is 11.8 Å². The van der Waals surface area contributed by atoms with Crippen molar-refractivity contribution in [1.29, 1.82) is 0 Å². The molecule has 1 heterocycles. The zero-order valence-electron chi connectivity index (χ0n) is 11.9. The molecule has 0 saturated heterocycles. The van der Waals surface area contributed by atoms with Crippen LogP contribution in [0.15, 0.2) is 0 Å². The van der Waals surface area contributed by atoms with Crippen LogP contribution in [0.2, 0.25) is 0 Å². The van der Waals surface area contributed by atoms with Gasteiger partial charge in [-0.05, 0) is 32.6 Å². The molecule has 0 aromatic carbocycles. The zero-order chi connectivity index (χ0) is 15.1. The molecule has 0 radical (unpaired) electrons. The van der Waals surface area contributed by atoms with Crippen LogP contribution in [0.3, 0.4) is 0 Å². The Balaban J connectivity index is 2.42. The Bertz CT molecular complexity index is 561. The quantitative estimate of drug-likeness (QED) is 0.658. The third kappa shape index (κ3) is 2.58. The van der Waals surface area contributed by atoms with Gasteiger partial charge in [0.15, 0.2) is 0 Å². The monoisotopic (exact) mass is 296 g/mol. The van der Waals surface area contributed by atoms with Gasteiger partial charge in [0.05, 0.1) is 11.3 Å². The van der Waals surface area contributed by atoms with Crippen molar-refractivity contribution in [1.82, 2.24) is 5.32 Å². The van der Waals surface area contributed by atoms with Crippen LogP contribution >= 0.6 is 11.3 Å². The smallest absolute Gasteiger partial charge is 0.260 e. The first-order chi connectivity index (χ1) is 9.27. The van der Waals surface area contributed by atoms with Crippen molar-refractivity contribution in [2.75, 3.05) is 18.1 Å². The van der Waals surface area contributed by atoms with E-state index in [1.54, 1.807) is 0 Å². The van der Waals surface area contributed by atoms with Crippen LogP contribution < -0.4 is 22.1 Å². The molecule has 0 spiro atoms. The first-order valence-electron chi connectivity index (χ1n) is 6.50. The van der Waals surface area contributed by atoms with Crippen LogP contribution in [0.1, 0.15) is 46.7 Å². The van der Waals surface area contributed by atoms with Gasteiger partial charge in [-0.1, -0.05) is 0 Å². The second-order valence-corrected chi connectivity index (χ2v) is 6.63. The number of hydrogen-bond acceptors (Lipinski definition) is 5. The molecule has 110 valence electrons. The van der Waals surface area contributed by atoms with Gasteiger partial charge in [-0.3, -0.25) is 9.59 Å². The number of primary amides is 1. The van der Waals surface area contributed by atoms with E-state index in [-0.39, 0.29) is 22.0 Å². The molecule has 1 saturated carbocycles. The highest BCUT2D eigenvalue weighted by Crippen LogP contribution is 2.44. The molecule has 0 aliphatic heterocycles. The summed E-state index contributed by atoms with van der Waals surface area (Å²) in [6.07, 6.45) is 2.33. The first kappa shape index (κ1) is 14.6. The Morgan fingerprint density at radius 3 is 2.40 bits per heavy atom. The number of nitrogens with two attached hydrogens (primary N) is 2.